The summed E-state index contributed by atoms with van der Waals surface area (Å²) in [6.45, 7) is 2.15. The van der Waals surface area contributed by atoms with Gasteiger partial charge in [-0.3, -0.25) is 9.79 Å². The Balaban J connectivity index is 0.00000272. The van der Waals surface area contributed by atoms with Gasteiger partial charge in [0.2, 0.25) is 5.91 Å². The van der Waals surface area contributed by atoms with Crippen LogP contribution in [0, 0.1) is 0 Å². The van der Waals surface area contributed by atoms with E-state index in [4.69, 9.17) is 4.99 Å². The number of thioether (sulfide) groups is 1. The van der Waals surface area contributed by atoms with E-state index in [-0.39, 0.29) is 24.4 Å². The fourth-order valence-corrected chi connectivity index (χ4v) is 6.46. The van der Waals surface area contributed by atoms with E-state index >= 15 is 0 Å². The Morgan fingerprint density at radius 3 is 2.32 bits per heavy atom. The van der Waals surface area contributed by atoms with Crippen LogP contribution in [0.25, 0.3) is 0 Å². The molecule has 0 bridgehead atoms. The van der Waals surface area contributed by atoms with E-state index < -0.39 is 0 Å². The normalized spacial score (nSPS) is 24.2. The number of hydrogen-bond donors (Lipinski definition) is 1. The number of aliphatic imine (C=N–C) groups is 1. The fourth-order valence-electron chi connectivity index (χ4n) is 5.17. The number of benzene rings is 1. The second-order valence-electron chi connectivity index (χ2n) is 9.17. The Bertz CT molecular complexity index is 727. The van der Waals surface area contributed by atoms with Gasteiger partial charge in [0.25, 0.3) is 0 Å². The lowest BCUT2D eigenvalue weighted by Crippen LogP contribution is -2.45. The number of aryl methyl sites for hydroxylation is 1. The van der Waals surface area contributed by atoms with Crippen molar-refractivity contribution in [3.05, 3.63) is 29.8 Å². The predicted octanol–water partition coefficient (Wildman–Crippen LogP) is 6.44. The van der Waals surface area contributed by atoms with Crippen LogP contribution in [0.5, 0.6) is 0 Å². The summed E-state index contributed by atoms with van der Waals surface area (Å²) in [5.74, 6) is 1.12. The predicted molar refractivity (Wildman–Crippen MR) is 136 cm³/mol. The first kappa shape index (κ1) is 24.4. The van der Waals surface area contributed by atoms with Gasteiger partial charge in [0.15, 0.2) is 5.17 Å². The average Bonchev–Trinajstić information content (AvgIpc) is 3.17. The van der Waals surface area contributed by atoms with E-state index in [1.165, 1.54) is 74.9 Å². The molecule has 3 aliphatic rings. The van der Waals surface area contributed by atoms with Crippen LogP contribution in [-0.4, -0.2) is 39.9 Å². The molecule has 1 atom stereocenters. The van der Waals surface area contributed by atoms with Gasteiger partial charge in [0.1, 0.15) is 0 Å². The molecule has 4 rings (SSSR count). The smallest absolute Gasteiger partial charge is 0.226 e. The Kier molecular flexibility index (Phi) is 9.58. The number of carbonyl (C=O) groups excluding carboxylic acids is 1. The first-order valence-corrected chi connectivity index (χ1v) is 13.1. The lowest BCUT2D eigenvalue weighted by Gasteiger charge is -2.37. The molecule has 0 spiro atoms. The number of amides is 1. The van der Waals surface area contributed by atoms with Crippen molar-refractivity contribution in [3.63, 3.8) is 0 Å². The second kappa shape index (κ2) is 12.2. The highest BCUT2D eigenvalue weighted by atomic mass is 35.5. The number of halogens is 1. The van der Waals surface area contributed by atoms with Crippen LogP contribution in [0.4, 0.5) is 5.69 Å². The first-order chi connectivity index (χ1) is 14.7. The van der Waals surface area contributed by atoms with Crippen molar-refractivity contribution >= 4 is 40.9 Å². The molecule has 1 amide bonds. The van der Waals surface area contributed by atoms with Crippen molar-refractivity contribution in [2.45, 2.75) is 102 Å². The average molecular weight is 464 g/mol. The molecule has 1 aromatic rings. The standard InChI is InChI=1S/C25H37N3OS.ClH/c1-2-19-13-15-21(16-14-19)26-24(29)17-23-18-30-25(27-20-9-5-3-6-10-20)28(23)22-11-7-4-8-12-22;/h13-16,20,22-23H,2-12,17-18H2,1H3,(H,26,29);1H. The number of rotatable bonds is 6. The quantitative estimate of drug-likeness (QED) is 0.528. The maximum absolute atomic E-state index is 12.9. The van der Waals surface area contributed by atoms with E-state index in [1.807, 2.05) is 23.9 Å². The highest BCUT2D eigenvalue weighted by Gasteiger charge is 2.37. The van der Waals surface area contributed by atoms with Crippen LogP contribution in [0.3, 0.4) is 0 Å². The van der Waals surface area contributed by atoms with Gasteiger partial charge in [-0.25, -0.2) is 0 Å². The third-order valence-corrected chi connectivity index (χ3v) is 8.05. The van der Waals surface area contributed by atoms with Crippen molar-refractivity contribution in [3.8, 4) is 0 Å². The van der Waals surface area contributed by atoms with Crippen molar-refractivity contribution in [2.24, 2.45) is 4.99 Å². The summed E-state index contributed by atoms with van der Waals surface area (Å²) >= 11 is 1.90. The molecule has 4 nitrogen and oxygen atoms in total. The summed E-state index contributed by atoms with van der Waals surface area (Å²) in [5.41, 5.74) is 2.20. The van der Waals surface area contributed by atoms with E-state index in [0.29, 0.717) is 18.5 Å². The minimum atomic E-state index is 0. The van der Waals surface area contributed by atoms with Crippen LogP contribution in [0.1, 0.15) is 83.1 Å². The van der Waals surface area contributed by atoms with E-state index in [1.54, 1.807) is 0 Å². The Morgan fingerprint density at radius 1 is 1.03 bits per heavy atom. The van der Waals surface area contributed by atoms with Crippen molar-refractivity contribution in [1.29, 1.82) is 0 Å². The molecule has 2 aliphatic carbocycles. The maximum Gasteiger partial charge on any atom is 0.226 e. The lowest BCUT2D eigenvalue weighted by molar-refractivity contribution is -0.117. The maximum atomic E-state index is 12.9. The zero-order valence-corrected chi connectivity index (χ0v) is 20.5. The zero-order valence-electron chi connectivity index (χ0n) is 18.9. The summed E-state index contributed by atoms with van der Waals surface area (Å²) < 4.78 is 0. The van der Waals surface area contributed by atoms with Gasteiger partial charge in [-0.2, -0.15) is 0 Å². The Hall–Kier alpha value is -1.20. The van der Waals surface area contributed by atoms with E-state index in [9.17, 15) is 4.79 Å². The molecule has 1 heterocycles. The summed E-state index contributed by atoms with van der Waals surface area (Å²) in [5, 5.41) is 4.36. The number of amidine groups is 1. The lowest BCUT2D eigenvalue weighted by atomic mass is 9.93. The molecule has 0 aromatic heterocycles. The molecule has 6 heteroatoms. The summed E-state index contributed by atoms with van der Waals surface area (Å²) in [6.07, 6.45) is 14.5. The van der Waals surface area contributed by atoms with Crippen LogP contribution < -0.4 is 5.32 Å². The Morgan fingerprint density at radius 2 is 1.68 bits per heavy atom. The van der Waals surface area contributed by atoms with Gasteiger partial charge >= 0.3 is 0 Å². The first-order valence-electron chi connectivity index (χ1n) is 12.1. The number of carbonyl (C=O) groups is 1. The molecule has 1 aliphatic heterocycles. The van der Waals surface area contributed by atoms with Gasteiger partial charge in [-0.15, -0.1) is 12.4 Å². The molecule has 1 aromatic carbocycles. The number of anilines is 1. The van der Waals surface area contributed by atoms with Gasteiger partial charge in [0.05, 0.1) is 6.04 Å². The Labute approximate surface area is 198 Å². The van der Waals surface area contributed by atoms with Crippen molar-refractivity contribution < 1.29 is 4.79 Å². The topological polar surface area (TPSA) is 44.7 Å². The molecule has 0 radical (unpaired) electrons. The van der Waals surface area contributed by atoms with Crippen molar-refractivity contribution in [1.82, 2.24) is 4.90 Å². The fraction of sp³-hybridized carbons (Fsp3) is 0.680. The molecule has 31 heavy (non-hydrogen) atoms. The molecular formula is C25H38ClN3OS. The summed E-state index contributed by atoms with van der Waals surface area (Å²) in [6, 6.07) is 9.59. The van der Waals surface area contributed by atoms with Crippen molar-refractivity contribution in [2.75, 3.05) is 11.1 Å². The third kappa shape index (κ3) is 6.64. The largest absolute Gasteiger partial charge is 0.344 e. The second-order valence-corrected chi connectivity index (χ2v) is 10.2. The molecule has 1 N–H and O–H groups in total. The molecule has 3 fully saturated rings. The van der Waals surface area contributed by atoms with E-state index in [2.05, 4.69) is 29.3 Å². The van der Waals surface area contributed by atoms with Gasteiger partial charge in [0, 0.05) is 29.9 Å². The minimum Gasteiger partial charge on any atom is -0.344 e. The van der Waals surface area contributed by atoms with Crippen LogP contribution >= 0.6 is 24.2 Å². The molecule has 1 unspecified atom stereocenters. The summed E-state index contributed by atoms with van der Waals surface area (Å²) in [4.78, 5) is 20.7. The zero-order chi connectivity index (χ0) is 20.8. The molecule has 172 valence electrons. The highest BCUT2D eigenvalue weighted by Crippen LogP contribution is 2.35. The summed E-state index contributed by atoms with van der Waals surface area (Å²) in [7, 11) is 0. The number of hydrogen-bond acceptors (Lipinski definition) is 3. The van der Waals surface area contributed by atoms with Gasteiger partial charge in [-0.1, -0.05) is 69.3 Å². The minimum absolute atomic E-state index is 0. The highest BCUT2D eigenvalue weighted by molar-refractivity contribution is 8.14. The molecule has 1 saturated heterocycles. The van der Waals surface area contributed by atoms with E-state index in [0.717, 1.165) is 17.9 Å². The third-order valence-electron chi connectivity index (χ3n) is 6.92. The van der Waals surface area contributed by atoms with Crippen LogP contribution in [0.2, 0.25) is 0 Å². The van der Waals surface area contributed by atoms with Crippen LogP contribution in [0.15, 0.2) is 29.3 Å². The van der Waals surface area contributed by atoms with Gasteiger partial charge < -0.3 is 10.2 Å². The SMILES string of the molecule is CCc1ccc(NC(=O)CC2CSC(=NC3CCCCC3)N2C2CCCCC2)cc1.Cl. The van der Waals surface area contributed by atoms with Gasteiger partial charge in [-0.05, 0) is 49.8 Å². The number of nitrogens with one attached hydrogen (secondary N) is 1. The number of nitrogens with zero attached hydrogens (tertiary/aromatic N) is 2. The molecular weight excluding hydrogens is 426 g/mol. The van der Waals surface area contributed by atoms with Crippen LogP contribution in [-0.2, 0) is 11.2 Å². The monoisotopic (exact) mass is 463 g/mol. The molecule has 2 saturated carbocycles.